The number of carbonyl (C=O) groups is 1. The van der Waals surface area contributed by atoms with E-state index in [-0.39, 0.29) is 24.5 Å². The topological polar surface area (TPSA) is 61.4 Å². The lowest BCUT2D eigenvalue weighted by atomic mass is 9.94. The van der Waals surface area contributed by atoms with Gasteiger partial charge in [-0.2, -0.15) is 0 Å². The van der Waals surface area contributed by atoms with Crippen molar-refractivity contribution in [1.82, 2.24) is 10.6 Å². The van der Waals surface area contributed by atoms with E-state index in [2.05, 4.69) is 16.7 Å². The smallest absolute Gasteiger partial charge is 0.241 e. The first-order valence-corrected chi connectivity index (χ1v) is 6.42. The highest BCUT2D eigenvalue weighted by Crippen LogP contribution is 2.22. The Hall–Kier alpha value is -1.39. The molecule has 4 heteroatoms. The second kappa shape index (κ2) is 5.98. The Kier molecular flexibility index (Phi) is 4.33. The molecule has 0 bridgehead atoms. The Morgan fingerprint density at radius 1 is 1.56 bits per heavy atom. The number of amides is 1. The fourth-order valence-corrected chi connectivity index (χ4v) is 2.18. The lowest BCUT2D eigenvalue weighted by molar-refractivity contribution is -0.123. The first-order valence-electron chi connectivity index (χ1n) is 6.42. The van der Waals surface area contributed by atoms with Crippen LogP contribution in [0.4, 0.5) is 0 Å². The number of carbonyl (C=O) groups excluding carboxylic acids is 1. The summed E-state index contributed by atoms with van der Waals surface area (Å²) in [5, 5.41) is 15.1. The van der Waals surface area contributed by atoms with Crippen molar-refractivity contribution in [3.63, 3.8) is 0 Å². The first kappa shape index (κ1) is 13.1. The van der Waals surface area contributed by atoms with Crippen LogP contribution in [-0.2, 0) is 11.2 Å². The van der Waals surface area contributed by atoms with E-state index in [0.29, 0.717) is 6.54 Å². The number of aliphatic hydroxyl groups excluding tert-OH is 1. The van der Waals surface area contributed by atoms with Crippen LogP contribution in [-0.4, -0.2) is 30.7 Å². The van der Waals surface area contributed by atoms with Gasteiger partial charge < -0.3 is 15.7 Å². The average molecular weight is 248 g/mol. The van der Waals surface area contributed by atoms with Crippen LogP contribution < -0.4 is 10.6 Å². The molecule has 3 N–H and O–H groups in total. The Labute approximate surface area is 107 Å². The summed E-state index contributed by atoms with van der Waals surface area (Å²) in [7, 11) is 0. The summed E-state index contributed by atoms with van der Waals surface area (Å²) in [5.74, 6) is 0.0789. The standard InChI is InChI=1S/C14H20N2O2/c1-10(9-17)8-16-14(18)13-12-5-3-2-4-11(12)6-7-15-13/h2-5,10,13,15,17H,6-9H2,1H3,(H,16,18). The number of hydrogen-bond acceptors (Lipinski definition) is 3. The molecule has 2 atom stereocenters. The molecule has 0 saturated heterocycles. The minimum Gasteiger partial charge on any atom is -0.396 e. The summed E-state index contributed by atoms with van der Waals surface area (Å²) < 4.78 is 0. The molecule has 0 aromatic heterocycles. The zero-order valence-electron chi connectivity index (χ0n) is 10.6. The van der Waals surface area contributed by atoms with Crippen LogP contribution in [0.25, 0.3) is 0 Å². The monoisotopic (exact) mass is 248 g/mol. The van der Waals surface area contributed by atoms with Gasteiger partial charge in [0.25, 0.3) is 0 Å². The molecule has 0 saturated carbocycles. The maximum absolute atomic E-state index is 12.1. The van der Waals surface area contributed by atoms with Gasteiger partial charge in [0, 0.05) is 19.7 Å². The van der Waals surface area contributed by atoms with Crippen molar-refractivity contribution in [3.05, 3.63) is 35.4 Å². The van der Waals surface area contributed by atoms with Crippen molar-refractivity contribution in [2.75, 3.05) is 19.7 Å². The Morgan fingerprint density at radius 2 is 2.33 bits per heavy atom. The Bertz CT molecular complexity index is 420. The van der Waals surface area contributed by atoms with E-state index in [4.69, 9.17) is 5.11 Å². The van der Waals surface area contributed by atoms with E-state index in [1.165, 1.54) is 5.56 Å². The molecule has 1 heterocycles. The van der Waals surface area contributed by atoms with Crippen LogP contribution in [0.5, 0.6) is 0 Å². The molecule has 1 aromatic rings. The summed E-state index contributed by atoms with van der Waals surface area (Å²) in [6.45, 7) is 3.33. The van der Waals surface area contributed by atoms with Crippen molar-refractivity contribution >= 4 is 5.91 Å². The quantitative estimate of drug-likeness (QED) is 0.732. The third-order valence-electron chi connectivity index (χ3n) is 3.31. The molecule has 0 aliphatic carbocycles. The zero-order chi connectivity index (χ0) is 13.0. The SMILES string of the molecule is CC(CO)CNC(=O)C1NCCc2ccccc21. The second-order valence-electron chi connectivity index (χ2n) is 4.87. The molecule has 1 aliphatic rings. The maximum Gasteiger partial charge on any atom is 0.241 e. The van der Waals surface area contributed by atoms with Crippen LogP contribution >= 0.6 is 0 Å². The second-order valence-corrected chi connectivity index (χ2v) is 4.87. The normalized spacial score (nSPS) is 20.0. The molecule has 1 aliphatic heterocycles. The Balaban J connectivity index is 2.04. The molecule has 1 amide bonds. The summed E-state index contributed by atoms with van der Waals surface area (Å²) in [6, 6.07) is 7.78. The van der Waals surface area contributed by atoms with Crippen molar-refractivity contribution in [2.24, 2.45) is 5.92 Å². The number of benzene rings is 1. The van der Waals surface area contributed by atoms with Gasteiger partial charge in [-0.25, -0.2) is 0 Å². The number of nitrogens with one attached hydrogen (secondary N) is 2. The average Bonchev–Trinajstić information content (AvgIpc) is 2.43. The first-order chi connectivity index (χ1) is 8.72. The minimum atomic E-state index is -0.263. The molecule has 1 aromatic carbocycles. The highest BCUT2D eigenvalue weighted by Gasteiger charge is 2.25. The lowest BCUT2D eigenvalue weighted by Gasteiger charge is -2.26. The number of fused-ring (bicyclic) bond motifs is 1. The van der Waals surface area contributed by atoms with E-state index in [1.54, 1.807) is 0 Å². The molecule has 0 radical (unpaired) electrons. The van der Waals surface area contributed by atoms with Gasteiger partial charge in [-0.1, -0.05) is 31.2 Å². The molecular weight excluding hydrogens is 228 g/mol. The summed E-state index contributed by atoms with van der Waals surface area (Å²) in [4.78, 5) is 12.1. The highest BCUT2D eigenvalue weighted by atomic mass is 16.3. The van der Waals surface area contributed by atoms with Crippen LogP contribution in [0.3, 0.4) is 0 Å². The van der Waals surface area contributed by atoms with Gasteiger partial charge in [-0.05, 0) is 23.5 Å². The third kappa shape index (κ3) is 2.89. The van der Waals surface area contributed by atoms with E-state index >= 15 is 0 Å². The third-order valence-corrected chi connectivity index (χ3v) is 3.31. The van der Waals surface area contributed by atoms with Crippen molar-refractivity contribution in [2.45, 2.75) is 19.4 Å². The predicted octanol–water partition coefficient (Wildman–Crippen LogP) is 0.618. The van der Waals surface area contributed by atoms with Crippen LogP contribution in [0.1, 0.15) is 24.1 Å². The fraction of sp³-hybridized carbons (Fsp3) is 0.500. The van der Waals surface area contributed by atoms with E-state index in [9.17, 15) is 4.79 Å². The van der Waals surface area contributed by atoms with Gasteiger partial charge in [0.05, 0.1) is 0 Å². The molecule has 0 spiro atoms. The minimum absolute atomic E-state index is 0.0116. The summed E-state index contributed by atoms with van der Waals surface area (Å²) in [5.41, 5.74) is 2.31. The summed E-state index contributed by atoms with van der Waals surface area (Å²) >= 11 is 0. The summed E-state index contributed by atoms with van der Waals surface area (Å²) in [6.07, 6.45) is 0.965. The number of hydrogen-bond donors (Lipinski definition) is 3. The fourth-order valence-electron chi connectivity index (χ4n) is 2.18. The highest BCUT2D eigenvalue weighted by molar-refractivity contribution is 5.83. The molecular formula is C14H20N2O2. The molecule has 18 heavy (non-hydrogen) atoms. The van der Waals surface area contributed by atoms with Crippen molar-refractivity contribution < 1.29 is 9.90 Å². The number of rotatable bonds is 4. The van der Waals surface area contributed by atoms with Gasteiger partial charge in [0.1, 0.15) is 6.04 Å². The van der Waals surface area contributed by atoms with Gasteiger partial charge in [0.2, 0.25) is 5.91 Å². The van der Waals surface area contributed by atoms with E-state index < -0.39 is 0 Å². The molecule has 2 rings (SSSR count). The van der Waals surface area contributed by atoms with Gasteiger partial charge >= 0.3 is 0 Å². The molecule has 4 nitrogen and oxygen atoms in total. The maximum atomic E-state index is 12.1. The van der Waals surface area contributed by atoms with Crippen LogP contribution in [0.2, 0.25) is 0 Å². The molecule has 98 valence electrons. The van der Waals surface area contributed by atoms with Crippen molar-refractivity contribution in [3.8, 4) is 0 Å². The van der Waals surface area contributed by atoms with Crippen LogP contribution in [0.15, 0.2) is 24.3 Å². The van der Waals surface area contributed by atoms with E-state index in [1.807, 2.05) is 25.1 Å². The van der Waals surface area contributed by atoms with Crippen LogP contribution in [0, 0.1) is 5.92 Å². The van der Waals surface area contributed by atoms with Gasteiger partial charge in [0.15, 0.2) is 0 Å². The van der Waals surface area contributed by atoms with E-state index in [0.717, 1.165) is 18.5 Å². The van der Waals surface area contributed by atoms with Crippen molar-refractivity contribution in [1.29, 1.82) is 0 Å². The Morgan fingerprint density at radius 3 is 3.11 bits per heavy atom. The number of aliphatic hydroxyl groups is 1. The molecule has 0 fully saturated rings. The lowest BCUT2D eigenvalue weighted by Crippen LogP contribution is -2.42. The molecule has 2 unspecified atom stereocenters. The van der Waals surface area contributed by atoms with Gasteiger partial charge in [-0.3, -0.25) is 4.79 Å². The van der Waals surface area contributed by atoms with Gasteiger partial charge in [-0.15, -0.1) is 0 Å². The zero-order valence-corrected chi connectivity index (χ0v) is 10.6. The predicted molar refractivity (Wildman–Crippen MR) is 70.1 cm³/mol. The largest absolute Gasteiger partial charge is 0.396 e.